The van der Waals surface area contributed by atoms with Crippen LogP contribution in [0.4, 0.5) is 14.5 Å². The maximum atomic E-state index is 12.2. The summed E-state index contributed by atoms with van der Waals surface area (Å²) < 4.78 is 59.2. The third-order valence-corrected chi connectivity index (χ3v) is 3.84. The summed E-state index contributed by atoms with van der Waals surface area (Å²) in [5, 5.41) is 0. The van der Waals surface area contributed by atoms with Gasteiger partial charge in [-0.25, -0.2) is 8.42 Å². The van der Waals surface area contributed by atoms with Crippen LogP contribution in [0.3, 0.4) is 0 Å². The van der Waals surface area contributed by atoms with Gasteiger partial charge in [-0.2, -0.15) is 8.78 Å². The molecule has 1 aromatic carbocycles. The highest BCUT2D eigenvalue weighted by Crippen LogP contribution is 2.31. The topological polar surface area (TPSA) is 64.6 Å². The van der Waals surface area contributed by atoms with Crippen molar-refractivity contribution in [2.45, 2.75) is 13.0 Å². The molecule has 0 saturated heterocycles. The highest BCUT2D eigenvalue weighted by atomic mass is 35.5. The standard InChI is InChI=1S/C11H14ClF2NO4S/c1-18-9-4-3-8(7-10(9)19-11(13)14)15-20(16,17)6-2-5-12/h3-4,7,11,15H,2,5-6H2,1H3. The molecule has 1 rings (SSSR count). The number of nitrogens with one attached hydrogen (secondary N) is 1. The predicted octanol–water partition coefficient (Wildman–Crippen LogP) is 2.67. The molecule has 0 amide bonds. The minimum Gasteiger partial charge on any atom is -0.493 e. The lowest BCUT2D eigenvalue weighted by molar-refractivity contribution is -0.0511. The first-order chi connectivity index (χ1) is 9.38. The van der Waals surface area contributed by atoms with E-state index in [9.17, 15) is 17.2 Å². The zero-order chi connectivity index (χ0) is 15.2. The molecule has 5 nitrogen and oxygen atoms in total. The number of hydrogen-bond donors (Lipinski definition) is 1. The Morgan fingerprint density at radius 1 is 1.35 bits per heavy atom. The van der Waals surface area contributed by atoms with Crippen LogP contribution < -0.4 is 14.2 Å². The first kappa shape index (κ1) is 16.8. The minimum absolute atomic E-state index is 0.0778. The van der Waals surface area contributed by atoms with Crippen molar-refractivity contribution < 1.29 is 26.7 Å². The van der Waals surface area contributed by atoms with Crippen LogP contribution in [-0.2, 0) is 10.0 Å². The van der Waals surface area contributed by atoms with Gasteiger partial charge in [0.2, 0.25) is 10.0 Å². The molecule has 0 aliphatic heterocycles. The van der Waals surface area contributed by atoms with Crippen LogP contribution in [0.2, 0.25) is 0 Å². The fraction of sp³-hybridized carbons (Fsp3) is 0.455. The molecule has 0 radical (unpaired) electrons. The van der Waals surface area contributed by atoms with Crippen LogP contribution in [0, 0.1) is 0 Å². The number of halogens is 3. The molecule has 0 atom stereocenters. The molecule has 0 spiro atoms. The molecule has 0 aliphatic rings. The summed E-state index contributed by atoms with van der Waals surface area (Å²) in [4.78, 5) is 0. The monoisotopic (exact) mass is 329 g/mol. The Morgan fingerprint density at radius 3 is 2.60 bits per heavy atom. The normalized spacial score (nSPS) is 11.4. The van der Waals surface area contributed by atoms with Crippen molar-refractivity contribution in [2.75, 3.05) is 23.5 Å². The van der Waals surface area contributed by atoms with Crippen LogP contribution in [0.25, 0.3) is 0 Å². The van der Waals surface area contributed by atoms with E-state index in [2.05, 4.69) is 9.46 Å². The number of hydrogen-bond acceptors (Lipinski definition) is 4. The van der Waals surface area contributed by atoms with Crippen molar-refractivity contribution in [2.24, 2.45) is 0 Å². The van der Waals surface area contributed by atoms with E-state index in [4.69, 9.17) is 16.3 Å². The molecule has 20 heavy (non-hydrogen) atoms. The van der Waals surface area contributed by atoms with E-state index in [1.807, 2.05) is 0 Å². The molecule has 0 bridgehead atoms. The third kappa shape index (κ3) is 5.38. The van der Waals surface area contributed by atoms with Crippen molar-refractivity contribution in [1.82, 2.24) is 0 Å². The molecule has 1 aromatic rings. The van der Waals surface area contributed by atoms with Gasteiger partial charge < -0.3 is 9.47 Å². The zero-order valence-electron chi connectivity index (χ0n) is 10.6. The van der Waals surface area contributed by atoms with Crippen LogP contribution in [0.15, 0.2) is 18.2 Å². The number of rotatable bonds is 8. The van der Waals surface area contributed by atoms with Gasteiger partial charge in [-0.05, 0) is 18.6 Å². The summed E-state index contributed by atoms with van der Waals surface area (Å²) in [6.45, 7) is -3.04. The molecule has 1 N–H and O–H groups in total. The fourth-order valence-electron chi connectivity index (χ4n) is 1.40. The van der Waals surface area contributed by atoms with E-state index in [0.717, 1.165) is 6.07 Å². The van der Waals surface area contributed by atoms with E-state index < -0.39 is 16.6 Å². The Kier molecular flexibility index (Phi) is 6.28. The molecular weight excluding hydrogens is 316 g/mol. The van der Waals surface area contributed by atoms with Gasteiger partial charge in [-0.1, -0.05) is 0 Å². The van der Waals surface area contributed by atoms with E-state index in [-0.39, 0.29) is 35.2 Å². The second-order valence-electron chi connectivity index (χ2n) is 3.71. The smallest absolute Gasteiger partial charge is 0.387 e. The summed E-state index contributed by atoms with van der Waals surface area (Å²) in [6.07, 6.45) is 0.285. The Balaban J connectivity index is 2.91. The van der Waals surface area contributed by atoms with Crippen LogP contribution in [-0.4, -0.2) is 33.8 Å². The maximum absolute atomic E-state index is 12.2. The molecule has 114 valence electrons. The van der Waals surface area contributed by atoms with Gasteiger partial charge >= 0.3 is 6.61 Å². The number of anilines is 1. The maximum Gasteiger partial charge on any atom is 0.387 e. The first-order valence-electron chi connectivity index (χ1n) is 5.57. The highest BCUT2D eigenvalue weighted by molar-refractivity contribution is 7.92. The van der Waals surface area contributed by atoms with Crippen molar-refractivity contribution in [3.8, 4) is 11.5 Å². The van der Waals surface area contributed by atoms with E-state index in [1.54, 1.807) is 0 Å². The summed E-state index contributed by atoms with van der Waals surface area (Å²) >= 11 is 5.42. The minimum atomic E-state index is -3.58. The van der Waals surface area contributed by atoms with Gasteiger partial charge in [0, 0.05) is 11.9 Å². The number of benzene rings is 1. The van der Waals surface area contributed by atoms with Crippen molar-refractivity contribution in [3.05, 3.63) is 18.2 Å². The number of methoxy groups -OCH3 is 1. The second kappa shape index (κ2) is 7.49. The van der Waals surface area contributed by atoms with E-state index in [1.165, 1.54) is 19.2 Å². The summed E-state index contributed by atoms with van der Waals surface area (Å²) in [5.74, 6) is -0.120. The molecule has 0 fully saturated rings. The number of sulfonamides is 1. The lowest BCUT2D eigenvalue weighted by Gasteiger charge is -2.12. The summed E-state index contributed by atoms with van der Waals surface area (Å²) in [6, 6.07) is 3.84. The van der Waals surface area contributed by atoms with Gasteiger partial charge in [0.25, 0.3) is 0 Å². The highest BCUT2D eigenvalue weighted by Gasteiger charge is 2.14. The van der Waals surface area contributed by atoms with Gasteiger partial charge in [0.15, 0.2) is 11.5 Å². The summed E-state index contributed by atoms with van der Waals surface area (Å²) in [7, 11) is -2.29. The molecular formula is C11H14ClF2NO4S. The van der Waals surface area contributed by atoms with Crippen LogP contribution in [0.5, 0.6) is 11.5 Å². The van der Waals surface area contributed by atoms with Gasteiger partial charge in [-0.15, -0.1) is 11.6 Å². The number of ether oxygens (including phenoxy) is 2. The predicted molar refractivity (Wildman–Crippen MR) is 72.4 cm³/mol. The van der Waals surface area contributed by atoms with Crippen molar-refractivity contribution in [1.29, 1.82) is 0 Å². The zero-order valence-corrected chi connectivity index (χ0v) is 12.2. The van der Waals surface area contributed by atoms with Crippen molar-refractivity contribution in [3.63, 3.8) is 0 Å². The Morgan fingerprint density at radius 2 is 2.05 bits per heavy atom. The Labute approximate surface area is 120 Å². The van der Waals surface area contributed by atoms with E-state index >= 15 is 0 Å². The van der Waals surface area contributed by atoms with Gasteiger partial charge in [0.05, 0.1) is 18.6 Å². The Hall–Kier alpha value is -1.28. The SMILES string of the molecule is COc1ccc(NS(=O)(=O)CCCCl)cc1OC(F)F. The van der Waals surface area contributed by atoms with Crippen LogP contribution >= 0.6 is 11.6 Å². The molecule has 0 aliphatic carbocycles. The molecule has 9 heteroatoms. The lowest BCUT2D eigenvalue weighted by atomic mass is 10.3. The van der Waals surface area contributed by atoms with E-state index in [0.29, 0.717) is 0 Å². The van der Waals surface area contributed by atoms with Crippen molar-refractivity contribution >= 4 is 27.3 Å². The molecule has 0 unspecified atom stereocenters. The Bertz CT molecular complexity index is 539. The quantitative estimate of drug-likeness (QED) is 0.745. The molecule has 0 saturated carbocycles. The third-order valence-electron chi connectivity index (χ3n) is 2.20. The second-order valence-corrected chi connectivity index (χ2v) is 5.93. The van der Waals surface area contributed by atoms with Crippen LogP contribution in [0.1, 0.15) is 6.42 Å². The summed E-state index contributed by atoms with van der Waals surface area (Å²) in [5.41, 5.74) is 0.107. The first-order valence-corrected chi connectivity index (χ1v) is 7.76. The lowest BCUT2D eigenvalue weighted by Crippen LogP contribution is -2.17. The fourth-order valence-corrected chi connectivity index (χ4v) is 2.81. The van der Waals surface area contributed by atoms with Gasteiger partial charge in [0.1, 0.15) is 0 Å². The average Bonchev–Trinajstić information content (AvgIpc) is 2.35. The molecule has 0 heterocycles. The largest absolute Gasteiger partial charge is 0.493 e. The number of alkyl halides is 3. The molecule has 0 aromatic heterocycles. The average molecular weight is 330 g/mol. The van der Waals surface area contributed by atoms with Gasteiger partial charge in [-0.3, -0.25) is 4.72 Å².